The molecule has 0 saturated heterocycles. The van der Waals surface area contributed by atoms with Gasteiger partial charge in [0, 0.05) is 22.8 Å². The monoisotopic (exact) mass is 424 g/mol. The Bertz CT molecular complexity index is 900. The van der Waals surface area contributed by atoms with E-state index in [9.17, 15) is 4.79 Å². The molecule has 4 nitrogen and oxygen atoms in total. The molecule has 0 bridgehead atoms. The van der Waals surface area contributed by atoms with E-state index in [2.05, 4.69) is 26.8 Å². The Morgan fingerprint density at radius 2 is 1.52 bits per heavy atom. The van der Waals surface area contributed by atoms with Crippen molar-refractivity contribution in [2.75, 3.05) is 6.61 Å². The van der Waals surface area contributed by atoms with Crippen molar-refractivity contribution in [1.29, 1.82) is 0 Å². The number of carbonyl (C=O) groups is 1. The van der Waals surface area contributed by atoms with Gasteiger partial charge in [-0.2, -0.15) is 0 Å². The number of ether oxygens (including phenoxy) is 3. The Morgan fingerprint density at radius 3 is 2.03 bits per heavy atom. The molecule has 0 unspecified atom stereocenters. The minimum Gasteiger partial charge on any atom is -0.494 e. The molecule has 0 N–H and O–H groups in total. The molecule has 0 spiro atoms. The molecule has 0 saturated carbocycles. The van der Waals surface area contributed by atoms with Crippen LogP contribution in [0.4, 0.5) is 0 Å². The summed E-state index contributed by atoms with van der Waals surface area (Å²) in [7, 11) is 0. The van der Waals surface area contributed by atoms with Gasteiger partial charge in [-0.25, -0.2) is 0 Å². The van der Waals surface area contributed by atoms with E-state index >= 15 is 0 Å². The number of ketones is 1. The van der Waals surface area contributed by atoms with Gasteiger partial charge >= 0.3 is 0 Å². The molecule has 0 radical (unpaired) electrons. The zero-order valence-corrected chi connectivity index (χ0v) is 20.1. The molecule has 168 valence electrons. The Labute approximate surface area is 187 Å². The summed E-state index contributed by atoms with van der Waals surface area (Å²) >= 11 is 0. The van der Waals surface area contributed by atoms with Crippen LogP contribution in [0.3, 0.4) is 0 Å². The lowest BCUT2D eigenvalue weighted by Gasteiger charge is -2.26. The fourth-order valence-electron chi connectivity index (χ4n) is 3.15. The van der Waals surface area contributed by atoms with E-state index in [1.165, 1.54) is 0 Å². The van der Waals surface area contributed by atoms with E-state index in [-0.39, 0.29) is 23.4 Å². The van der Waals surface area contributed by atoms with Crippen LogP contribution < -0.4 is 14.2 Å². The SMILES string of the molecule is CCOc1ccc(C(=O)C=Cc2cc(C(C)(C)C)c(OC(C)C)cc2OC(C)C)cc1. The summed E-state index contributed by atoms with van der Waals surface area (Å²) in [5, 5.41) is 0. The van der Waals surface area contributed by atoms with Crippen molar-refractivity contribution in [2.24, 2.45) is 0 Å². The highest BCUT2D eigenvalue weighted by atomic mass is 16.5. The van der Waals surface area contributed by atoms with Crippen molar-refractivity contribution in [3.05, 3.63) is 59.2 Å². The van der Waals surface area contributed by atoms with E-state index in [0.29, 0.717) is 17.9 Å². The molecule has 0 aromatic heterocycles. The van der Waals surface area contributed by atoms with Crippen LogP contribution in [0.15, 0.2) is 42.5 Å². The van der Waals surface area contributed by atoms with Crippen molar-refractivity contribution in [2.45, 2.75) is 73.0 Å². The largest absolute Gasteiger partial charge is 0.494 e. The molecular formula is C27H36O4. The first-order valence-corrected chi connectivity index (χ1v) is 11.0. The van der Waals surface area contributed by atoms with Crippen LogP contribution in [0.5, 0.6) is 17.2 Å². The van der Waals surface area contributed by atoms with Crippen molar-refractivity contribution in [3.63, 3.8) is 0 Å². The number of hydrogen-bond acceptors (Lipinski definition) is 4. The van der Waals surface area contributed by atoms with Crippen molar-refractivity contribution in [3.8, 4) is 17.2 Å². The van der Waals surface area contributed by atoms with Crippen LogP contribution in [0.25, 0.3) is 6.08 Å². The van der Waals surface area contributed by atoms with Gasteiger partial charge in [-0.15, -0.1) is 0 Å². The lowest BCUT2D eigenvalue weighted by Crippen LogP contribution is -2.17. The molecule has 2 rings (SSSR count). The zero-order chi connectivity index (χ0) is 23.2. The molecule has 31 heavy (non-hydrogen) atoms. The number of rotatable bonds is 9. The fraction of sp³-hybridized carbons (Fsp3) is 0.444. The van der Waals surface area contributed by atoms with Crippen LogP contribution in [-0.4, -0.2) is 24.6 Å². The molecular weight excluding hydrogens is 388 g/mol. The number of allylic oxidation sites excluding steroid dienone is 1. The quantitative estimate of drug-likeness (QED) is 0.326. The summed E-state index contributed by atoms with van der Waals surface area (Å²) in [6.45, 7) is 17.0. The second-order valence-electron chi connectivity index (χ2n) is 9.12. The Morgan fingerprint density at radius 1 is 0.935 bits per heavy atom. The number of hydrogen-bond donors (Lipinski definition) is 0. The fourth-order valence-corrected chi connectivity index (χ4v) is 3.15. The first kappa shape index (κ1) is 24.5. The molecule has 0 heterocycles. The van der Waals surface area contributed by atoms with E-state index in [4.69, 9.17) is 14.2 Å². The van der Waals surface area contributed by atoms with Gasteiger partial charge in [-0.1, -0.05) is 20.8 Å². The van der Waals surface area contributed by atoms with Crippen LogP contribution >= 0.6 is 0 Å². The average molecular weight is 425 g/mol. The van der Waals surface area contributed by atoms with E-state index < -0.39 is 0 Å². The molecule has 0 amide bonds. The smallest absolute Gasteiger partial charge is 0.185 e. The van der Waals surface area contributed by atoms with Crippen molar-refractivity contribution < 1.29 is 19.0 Å². The Balaban J connectivity index is 2.43. The molecule has 0 aliphatic heterocycles. The lowest BCUT2D eigenvalue weighted by molar-refractivity contribution is 0.104. The lowest BCUT2D eigenvalue weighted by atomic mass is 9.85. The molecule has 0 aliphatic rings. The minimum atomic E-state index is -0.123. The van der Waals surface area contributed by atoms with Crippen molar-refractivity contribution >= 4 is 11.9 Å². The Kier molecular flexibility index (Phi) is 8.32. The summed E-state index contributed by atoms with van der Waals surface area (Å²) < 4.78 is 17.6. The summed E-state index contributed by atoms with van der Waals surface area (Å²) in [4.78, 5) is 12.7. The molecule has 0 atom stereocenters. The summed E-state index contributed by atoms with van der Waals surface area (Å²) in [5.74, 6) is 2.20. The Hall–Kier alpha value is -2.75. The number of carbonyl (C=O) groups excluding carboxylic acids is 1. The standard InChI is InChI=1S/C27H36O4/c1-9-29-22-13-10-20(11-14-22)24(28)15-12-21-16-23(27(6,7)8)26(31-19(4)5)17-25(21)30-18(2)3/h10-19H,9H2,1-8H3. The van der Waals surface area contributed by atoms with Gasteiger partial charge in [0.15, 0.2) is 5.78 Å². The molecule has 0 aliphatic carbocycles. The summed E-state index contributed by atoms with van der Waals surface area (Å²) in [6.07, 6.45) is 3.47. The zero-order valence-electron chi connectivity index (χ0n) is 20.1. The summed E-state index contributed by atoms with van der Waals surface area (Å²) in [6, 6.07) is 11.2. The second-order valence-corrected chi connectivity index (χ2v) is 9.12. The highest BCUT2D eigenvalue weighted by molar-refractivity contribution is 6.07. The van der Waals surface area contributed by atoms with Crippen LogP contribution in [0.1, 0.15) is 76.9 Å². The third-order valence-corrected chi connectivity index (χ3v) is 4.51. The van der Waals surface area contributed by atoms with E-state index in [1.54, 1.807) is 18.2 Å². The maximum atomic E-state index is 12.7. The predicted molar refractivity (Wildman–Crippen MR) is 128 cm³/mol. The van der Waals surface area contributed by atoms with Crippen molar-refractivity contribution in [1.82, 2.24) is 0 Å². The highest BCUT2D eigenvalue weighted by Gasteiger charge is 2.22. The average Bonchev–Trinajstić information content (AvgIpc) is 2.66. The normalized spacial score (nSPS) is 11.9. The maximum Gasteiger partial charge on any atom is 0.185 e. The van der Waals surface area contributed by atoms with E-state index in [1.807, 2.05) is 58.9 Å². The third kappa shape index (κ3) is 7.16. The van der Waals surface area contributed by atoms with Gasteiger partial charge in [0.25, 0.3) is 0 Å². The molecule has 2 aromatic carbocycles. The van der Waals surface area contributed by atoms with Gasteiger partial charge in [-0.3, -0.25) is 4.79 Å². The number of benzene rings is 2. The topological polar surface area (TPSA) is 44.8 Å². The minimum absolute atomic E-state index is 0.00125. The molecule has 2 aromatic rings. The van der Waals surface area contributed by atoms with E-state index in [0.717, 1.165) is 22.6 Å². The van der Waals surface area contributed by atoms with Gasteiger partial charge in [0.1, 0.15) is 17.2 Å². The van der Waals surface area contributed by atoms with Crippen LogP contribution in [-0.2, 0) is 5.41 Å². The third-order valence-electron chi connectivity index (χ3n) is 4.51. The van der Waals surface area contributed by atoms with Gasteiger partial charge < -0.3 is 14.2 Å². The highest BCUT2D eigenvalue weighted by Crippen LogP contribution is 2.38. The summed E-state index contributed by atoms with van der Waals surface area (Å²) in [5.41, 5.74) is 2.42. The van der Waals surface area contributed by atoms with Gasteiger partial charge in [0.05, 0.1) is 18.8 Å². The molecule has 0 fully saturated rings. The second kappa shape index (κ2) is 10.5. The van der Waals surface area contributed by atoms with Gasteiger partial charge in [0.2, 0.25) is 0 Å². The maximum absolute atomic E-state index is 12.7. The molecule has 4 heteroatoms. The van der Waals surface area contributed by atoms with Crippen LogP contribution in [0, 0.1) is 0 Å². The first-order chi connectivity index (χ1) is 14.5. The first-order valence-electron chi connectivity index (χ1n) is 11.0. The van der Waals surface area contributed by atoms with Gasteiger partial charge in [-0.05, 0) is 82.5 Å². The van der Waals surface area contributed by atoms with Crippen LogP contribution in [0.2, 0.25) is 0 Å². The predicted octanol–water partition coefficient (Wildman–Crippen LogP) is 6.85.